The first-order valence-electron chi connectivity index (χ1n) is 9.44. The Morgan fingerprint density at radius 3 is 2.29 bits per heavy atom. The van der Waals surface area contributed by atoms with E-state index in [1.807, 2.05) is 0 Å². The lowest BCUT2D eigenvalue weighted by molar-refractivity contribution is -0.148. The van der Waals surface area contributed by atoms with Gasteiger partial charge in [-0.1, -0.05) is 12.8 Å². The van der Waals surface area contributed by atoms with E-state index in [0.717, 1.165) is 30.3 Å². The van der Waals surface area contributed by atoms with E-state index in [4.69, 9.17) is 4.74 Å². The molecule has 2 aliphatic rings. The normalized spacial score (nSPS) is 20.6. The third-order valence-corrected chi connectivity index (χ3v) is 5.17. The lowest BCUT2D eigenvalue weighted by Gasteiger charge is -2.33. The Morgan fingerprint density at radius 1 is 1.00 bits per heavy atom. The van der Waals surface area contributed by atoms with Crippen LogP contribution in [0.4, 0.5) is 13.2 Å². The average molecular weight is 403 g/mol. The summed E-state index contributed by atoms with van der Waals surface area (Å²) in [6.45, 7) is 2.58. The number of amides is 2. The van der Waals surface area contributed by atoms with Gasteiger partial charge in [0.1, 0.15) is 13.2 Å². The van der Waals surface area contributed by atoms with Crippen molar-refractivity contribution in [1.29, 1.82) is 0 Å². The zero-order valence-electron chi connectivity index (χ0n) is 15.7. The molecule has 1 aromatic rings. The van der Waals surface area contributed by atoms with Gasteiger partial charge in [0.15, 0.2) is 5.82 Å². The SMILES string of the molecule is CC1c2nnc(C(F)(F)F)n2CCN1C(=O)COCC(=O)N1CCCCCC1. The van der Waals surface area contributed by atoms with Crippen LogP contribution in [-0.4, -0.2) is 69.2 Å². The summed E-state index contributed by atoms with van der Waals surface area (Å²) in [4.78, 5) is 27.8. The van der Waals surface area contributed by atoms with Gasteiger partial charge >= 0.3 is 6.18 Å². The van der Waals surface area contributed by atoms with Crippen molar-refractivity contribution in [3.05, 3.63) is 11.6 Å². The van der Waals surface area contributed by atoms with Crippen molar-refractivity contribution in [3.8, 4) is 0 Å². The summed E-state index contributed by atoms with van der Waals surface area (Å²) in [6.07, 6.45) is -0.436. The molecule has 0 N–H and O–H groups in total. The summed E-state index contributed by atoms with van der Waals surface area (Å²) in [5.74, 6) is -1.50. The standard InChI is InChI=1S/C17H24F3N5O3/c1-12-15-21-22-16(17(18,19)20)25(15)9-8-24(12)14(27)11-28-10-13(26)23-6-4-2-3-5-7-23/h12H,2-11H2,1H3. The molecule has 8 nitrogen and oxygen atoms in total. The Morgan fingerprint density at radius 2 is 1.64 bits per heavy atom. The molecule has 0 aromatic carbocycles. The van der Waals surface area contributed by atoms with Gasteiger partial charge in [-0.05, 0) is 19.8 Å². The molecule has 2 amide bonds. The van der Waals surface area contributed by atoms with Gasteiger partial charge in [0, 0.05) is 26.2 Å². The number of aromatic nitrogens is 3. The van der Waals surface area contributed by atoms with Crippen molar-refractivity contribution in [2.45, 2.75) is 51.4 Å². The summed E-state index contributed by atoms with van der Waals surface area (Å²) in [5, 5.41) is 6.84. The van der Waals surface area contributed by atoms with Crippen LogP contribution in [0, 0.1) is 0 Å². The van der Waals surface area contributed by atoms with Crippen LogP contribution in [-0.2, 0) is 27.0 Å². The third kappa shape index (κ3) is 4.45. The Bertz CT molecular complexity index is 713. The Kier molecular flexibility index (Phi) is 6.21. The maximum Gasteiger partial charge on any atom is 0.451 e. The summed E-state index contributed by atoms with van der Waals surface area (Å²) in [7, 11) is 0. The van der Waals surface area contributed by atoms with Gasteiger partial charge < -0.3 is 19.1 Å². The topological polar surface area (TPSA) is 80.6 Å². The number of fused-ring (bicyclic) bond motifs is 1. The maximum absolute atomic E-state index is 13.0. The second kappa shape index (κ2) is 8.46. The van der Waals surface area contributed by atoms with Crippen LogP contribution in [0.15, 0.2) is 0 Å². The molecule has 28 heavy (non-hydrogen) atoms. The highest BCUT2D eigenvalue weighted by atomic mass is 19.4. The monoisotopic (exact) mass is 403 g/mol. The number of likely N-dealkylation sites (tertiary alicyclic amines) is 1. The predicted octanol–water partition coefficient (Wildman–Crippen LogP) is 1.62. The molecule has 156 valence electrons. The molecule has 0 spiro atoms. The highest BCUT2D eigenvalue weighted by Crippen LogP contribution is 2.32. The number of carbonyl (C=O) groups excluding carboxylic acids is 2. The predicted molar refractivity (Wildman–Crippen MR) is 91.0 cm³/mol. The maximum atomic E-state index is 13.0. The van der Waals surface area contributed by atoms with Crippen molar-refractivity contribution < 1.29 is 27.5 Å². The molecule has 0 saturated carbocycles. The highest BCUT2D eigenvalue weighted by molar-refractivity contribution is 5.80. The lowest BCUT2D eigenvalue weighted by atomic mass is 10.2. The first kappa shape index (κ1) is 20.6. The van der Waals surface area contributed by atoms with Crippen molar-refractivity contribution in [2.24, 2.45) is 0 Å². The van der Waals surface area contributed by atoms with Crippen molar-refractivity contribution in [1.82, 2.24) is 24.6 Å². The quantitative estimate of drug-likeness (QED) is 0.763. The van der Waals surface area contributed by atoms with E-state index in [9.17, 15) is 22.8 Å². The molecule has 1 atom stereocenters. The van der Waals surface area contributed by atoms with Crippen LogP contribution >= 0.6 is 0 Å². The second-order valence-electron chi connectivity index (χ2n) is 7.08. The van der Waals surface area contributed by atoms with Gasteiger partial charge in [-0.25, -0.2) is 0 Å². The number of hydrogen-bond acceptors (Lipinski definition) is 5. The second-order valence-corrected chi connectivity index (χ2v) is 7.08. The van der Waals surface area contributed by atoms with Crippen LogP contribution in [0.5, 0.6) is 0 Å². The fourth-order valence-corrected chi connectivity index (χ4v) is 3.66. The molecule has 0 aliphatic carbocycles. The number of hydrogen-bond donors (Lipinski definition) is 0. The minimum Gasteiger partial charge on any atom is -0.362 e. The number of alkyl halides is 3. The molecule has 1 saturated heterocycles. The number of halogens is 3. The van der Waals surface area contributed by atoms with Crippen molar-refractivity contribution >= 4 is 11.8 Å². The molecule has 3 rings (SSSR count). The highest BCUT2D eigenvalue weighted by Gasteiger charge is 2.41. The molecule has 3 heterocycles. The van der Waals surface area contributed by atoms with Gasteiger partial charge in [-0.15, -0.1) is 10.2 Å². The van der Waals surface area contributed by atoms with Crippen LogP contribution in [0.1, 0.15) is 50.3 Å². The van der Waals surface area contributed by atoms with Crippen LogP contribution in [0.25, 0.3) is 0 Å². The molecule has 2 aliphatic heterocycles. The fraction of sp³-hybridized carbons (Fsp3) is 0.765. The van der Waals surface area contributed by atoms with E-state index in [2.05, 4.69) is 10.2 Å². The van der Waals surface area contributed by atoms with Gasteiger partial charge in [0.05, 0.1) is 6.04 Å². The zero-order chi connectivity index (χ0) is 20.3. The zero-order valence-corrected chi connectivity index (χ0v) is 15.7. The Balaban J connectivity index is 1.52. The summed E-state index contributed by atoms with van der Waals surface area (Å²) < 4.78 is 45.2. The molecule has 1 aromatic heterocycles. The van der Waals surface area contributed by atoms with Gasteiger partial charge in [0.25, 0.3) is 0 Å². The number of rotatable bonds is 4. The van der Waals surface area contributed by atoms with Crippen LogP contribution in [0.3, 0.4) is 0 Å². The minimum absolute atomic E-state index is 0.0417. The molecule has 0 radical (unpaired) electrons. The molecular weight excluding hydrogens is 379 g/mol. The summed E-state index contributed by atoms with van der Waals surface area (Å²) in [5.41, 5.74) is 0. The summed E-state index contributed by atoms with van der Waals surface area (Å²) >= 11 is 0. The van der Waals surface area contributed by atoms with E-state index in [-0.39, 0.29) is 43.9 Å². The molecule has 1 fully saturated rings. The Hall–Kier alpha value is -2.17. The van der Waals surface area contributed by atoms with Gasteiger partial charge in [-0.2, -0.15) is 13.2 Å². The first-order chi connectivity index (χ1) is 13.3. The van der Waals surface area contributed by atoms with E-state index >= 15 is 0 Å². The average Bonchev–Trinajstić information content (AvgIpc) is 2.90. The molecule has 1 unspecified atom stereocenters. The van der Waals surface area contributed by atoms with E-state index < -0.39 is 18.0 Å². The van der Waals surface area contributed by atoms with E-state index in [0.29, 0.717) is 13.1 Å². The van der Waals surface area contributed by atoms with Crippen molar-refractivity contribution in [3.63, 3.8) is 0 Å². The number of nitrogens with zero attached hydrogens (tertiary/aromatic N) is 5. The van der Waals surface area contributed by atoms with Gasteiger partial charge in [-0.3, -0.25) is 9.59 Å². The third-order valence-electron chi connectivity index (χ3n) is 5.17. The van der Waals surface area contributed by atoms with Crippen LogP contribution < -0.4 is 0 Å². The van der Waals surface area contributed by atoms with E-state index in [1.54, 1.807) is 11.8 Å². The lowest BCUT2D eigenvalue weighted by Crippen LogP contribution is -2.44. The molecule has 0 bridgehead atoms. The molecular formula is C17H24F3N5O3. The van der Waals surface area contributed by atoms with E-state index in [1.165, 1.54) is 4.90 Å². The van der Waals surface area contributed by atoms with Gasteiger partial charge in [0.2, 0.25) is 17.6 Å². The smallest absolute Gasteiger partial charge is 0.362 e. The Labute approximate surface area is 160 Å². The molecule has 11 heteroatoms. The van der Waals surface area contributed by atoms with Crippen molar-refractivity contribution in [2.75, 3.05) is 32.8 Å². The summed E-state index contributed by atoms with van der Waals surface area (Å²) in [6, 6.07) is -0.658. The van der Waals surface area contributed by atoms with Crippen LogP contribution in [0.2, 0.25) is 0 Å². The number of ether oxygens (including phenoxy) is 1. The largest absolute Gasteiger partial charge is 0.451 e. The minimum atomic E-state index is -4.59. The number of carbonyl (C=O) groups is 2. The first-order valence-corrected chi connectivity index (χ1v) is 9.44. The fourth-order valence-electron chi connectivity index (χ4n) is 3.66.